The van der Waals surface area contributed by atoms with Gasteiger partial charge in [0.05, 0.1) is 13.2 Å². The fourth-order valence-corrected chi connectivity index (χ4v) is 2.42. The molecule has 0 radical (unpaired) electrons. The largest absolute Gasteiger partial charge is 0.494 e. The molecule has 0 bridgehead atoms. The molecule has 0 aliphatic carbocycles. The minimum atomic E-state index is -0.386. The predicted octanol–water partition coefficient (Wildman–Crippen LogP) is 1.16. The lowest BCUT2D eigenvalue weighted by atomic mass is 9.86. The summed E-state index contributed by atoms with van der Waals surface area (Å²) in [6.45, 7) is 0.662. The first-order chi connectivity index (χ1) is 8.63. The molecule has 0 aromatic heterocycles. The first-order valence-corrected chi connectivity index (χ1v) is 5.98. The summed E-state index contributed by atoms with van der Waals surface area (Å²) >= 11 is 0. The van der Waals surface area contributed by atoms with Crippen molar-refractivity contribution in [3.05, 3.63) is 29.6 Å². The molecule has 5 heteroatoms. The van der Waals surface area contributed by atoms with E-state index in [1.165, 1.54) is 7.11 Å². The topological polar surface area (TPSA) is 64.3 Å². The number of piperidine rings is 1. The molecule has 1 fully saturated rings. The van der Waals surface area contributed by atoms with Gasteiger partial charge in [-0.25, -0.2) is 4.39 Å². The summed E-state index contributed by atoms with van der Waals surface area (Å²) < 4.78 is 19.1. The van der Waals surface area contributed by atoms with Gasteiger partial charge in [-0.05, 0) is 36.9 Å². The van der Waals surface area contributed by atoms with Crippen LogP contribution in [0.5, 0.6) is 5.75 Å². The van der Waals surface area contributed by atoms with Crippen LogP contribution in [0.15, 0.2) is 18.2 Å². The van der Waals surface area contributed by atoms with Crippen molar-refractivity contribution in [2.75, 3.05) is 13.7 Å². The Morgan fingerprint density at radius 1 is 1.56 bits per heavy atom. The number of hydrogen-bond donors (Lipinski definition) is 2. The van der Waals surface area contributed by atoms with Gasteiger partial charge >= 0.3 is 0 Å². The van der Waals surface area contributed by atoms with Gasteiger partial charge < -0.3 is 15.8 Å². The number of halogens is 1. The van der Waals surface area contributed by atoms with Crippen LogP contribution in [-0.4, -0.2) is 25.6 Å². The summed E-state index contributed by atoms with van der Waals surface area (Å²) in [6, 6.07) is 4.71. The summed E-state index contributed by atoms with van der Waals surface area (Å²) in [5.74, 6) is -0.487. The molecule has 1 aliphatic rings. The normalized spacial score (nSPS) is 23.7. The Balaban J connectivity index is 2.23. The van der Waals surface area contributed by atoms with Crippen molar-refractivity contribution >= 4 is 5.91 Å². The van der Waals surface area contributed by atoms with Gasteiger partial charge in [-0.2, -0.15) is 0 Å². The summed E-state index contributed by atoms with van der Waals surface area (Å²) in [4.78, 5) is 11.2. The Morgan fingerprint density at radius 2 is 2.33 bits per heavy atom. The van der Waals surface area contributed by atoms with Crippen molar-refractivity contribution in [3.8, 4) is 5.75 Å². The lowest BCUT2D eigenvalue weighted by Gasteiger charge is -2.29. The third-order valence-electron chi connectivity index (χ3n) is 3.40. The number of carbonyl (C=O) groups is 1. The van der Waals surface area contributed by atoms with E-state index in [-0.39, 0.29) is 29.4 Å². The van der Waals surface area contributed by atoms with Gasteiger partial charge in [0.2, 0.25) is 5.91 Å². The number of carbonyl (C=O) groups excluding carboxylic acids is 1. The van der Waals surface area contributed by atoms with Crippen molar-refractivity contribution < 1.29 is 13.9 Å². The first-order valence-electron chi connectivity index (χ1n) is 5.98. The standard InChI is InChI=1S/C13H17FN2O2/c1-18-11-4-2-3-9(12(11)14)8-5-6-16-10(7-8)13(15)17/h2-4,8,10,16H,5-7H2,1H3,(H2,15,17). The fourth-order valence-electron chi connectivity index (χ4n) is 2.42. The molecule has 1 saturated heterocycles. The highest BCUT2D eigenvalue weighted by atomic mass is 19.1. The summed E-state index contributed by atoms with van der Waals surface area (Å²) in [7, 11) is 1.44. The van der Waals surface area contributed by atoms with Crippen LogP contribution >= 0.6 is 0 Å². The Hall–Kier alpha value is -1.62. The van der Waals surface area contributed by atoms with E-state index in [9.17, 15) is 9.18 Å². The second-order valence-corrected chi connectivity index (χ2v) is 4.49. The van der Waals surface area contributed by atoms with Gasteiger partial charge in [0, 0.05) is 0 Å². The molecule has 98 valence electrons. The third-order valence-corrected chi connectivity index (χ3v) is 3.40. The van der Waals surface area contributed by atoms with Gasteiger partial charge in [-0.15, -0.1) is 0 Å². The van der Waals surface area contributed by atoms with E-state index in [1.807, 2.05) is 0 Å². The van der Waals surface area contributed by atoms with E-state index < -0.39 is 0 Å². The maximum Gasteiger partial charge on any atom is 0.234 e. The molecule has 2 atom stereocenters. The number of nitrogens with one attached hydrogen (secondary N) is 1. The van der Waals surface area contributed by atoms with E-state index in [0.717, 1.165) is 6.42 Å². The molecule has 1 aliphatic heterocycles. The van der Waals surface area contributed by atoms with E-state index in [4.69, 9.17) is 10.5 Å². The van der Waals surface area contributed by atoms with Crippen LogP contribution in [0.2, 0.25) is 0 Å². The molecule has 1 heterocycles. The molecular weight excluding hydrogens is 235 g/mol. The molecule has 1 aromatic rings. The Kier molecular flexibility index (Phi) is 3.81. The summed E-state index contributed by atoms with van der Waals surface area (Å²) in [5, 5.41) is 3.04. The number of rotatable bonds is 3. The van der Waals surface area contributed by atoms with Crippen LogP contribution in [0.4, 0.5) is 4.39 Å². The number of ether oxygens (including phenoxy) is 1. The monoisotopic (exact) mass is 252 g/mol. The van der Waals surface area contributed by atoms with Gasteiger partial charge in [0.15, 0.2) is 11.6 Å². The highest BCUT2D eigenvalue weighted by Gasteiger charge is 2.28. The Morgan fingerprint density at radius 3 is 3.00 bits per heavy atom. The van der Waals surface area contributed by atoms with Crippen LogP contribution in [-0.2, 0) is 4.79 Å². The van der Waals surface area contributed by atoms with E-state index in [1.54, 1.807) is 18.2 Å². The van der Waals surface area contributed by atoms with Gasteiger partial charge in [0.25, 0.3) is 0 Å². The van der Waals surface area contributed by atoms with Crippen LogP contribution in [0.25, 0.3) is 0 Å². The van der Waals surface area contributed by atoms with Crippen molar-refractivity contribution in [1.29, 1.82) is 0 Å². The smallest absolute Gasteiger partial charge is 0.234 e. The van der Waals surface area contributed by atoms with Crippen molar-refractivity contribution in [3.63, 3.8) is 0 Å². The molecule has 2 rings (SSSR count). The lowest BCUT2D eigenvalue weighted by Crippen LogP contribution is -2.46. The van der Waals surface area contributed by atoms with E-state index in [2.05, 4.69) is 5.32 Å². The maximum absolute atomic E-state index is 14.1. The number of nitrogens with two attached hydrogens (primary N) is 1. The zero-order chi connectivity index (χ0) is 13.1. The average molecular weight is 252 g/mol. The Labute approximate surface area is 105 Å². The third kappa shape index (κ3) is 2.46. The molecule has 4 nitrogen and oxygen atoms in total. The van der Waals surface area contributed by atoms with Gasteiger partial charge in [0.1, 0.15) is 0 Å². The molecule has 3 N–H and O–H groups in total. The SMILES string of the molecule is COc1cccc(C2CCNC(C(N)=O)C2)c1F. The zero-order valence-corrected chi connectivity index (χ0v) is 10.3. The average Bonchev–Trinajstić information content (AvgIpc) is 2.39. The van der Waals surface area contributed by atoms with Crippen LogP contribution in [0.3, 0.4) is 0 Å². The predicted molar refractivity (Wildman–Crippen MR) is 65.9 cm³/mol. The van der Waals surface area contributed by atoms with Crippen molar-refractivity contribution in [2.24, 2.45) is 5.73 Å². The molecule has 0 saturated carbocycles. The highest BCUT2D eigenvalue weighted by Crippen LogP contribution is 2.32. The quantitative estimate of drug-likeness (QED) is 0.848. The molecule has 18 heavy (non-hydrogen) atoms. The van der Waals surface area contributed by atoms with Crippen LogP contribution < -0.4 is 15.8 Å². The maximum atomic E-state index is 14.1. The number of benzene rings is 1. The van der Waals surface area contributed by atoms with E-state index in [0.29, 0.717) is 18.5 Å². The minimum Gasteiger partial charge on any atom is -0.494 e. The second kappa shape index (κ2) is 5.35. The number of methoxy groups -OCH3 is 1. The van der Waals surface area contributed by atoms with Crippen LogP contribution in [0, 0.1) is 5.82 Å². The number of hydrogen-bond acceptors (Lipinski definition) is 3. The lowest BCUT2D eigenvalue weighted by molar-refractivity contribution is -0.120. The highest BCUT2D eigenvalue weighted by molar-refractivity contribution is 5.80. The Bertz CT molecular complexity index is 451. The van der Waals surface area contributed by atoms with Gasteiger partial charge in [-0.3, -0.25) is 4.79 Å². The van der Waals surface area contributed by atoms with Gasteiger partial charge in [-0.1, -0.05) is 12.1 Å². The van der Waals surface area contributed by atoms with Crippen molar-refractivity contribution in [1.82, 2.24) is 5.32 Å². The summed E-state index contributed by atoms with van der Waals surface area (Å²) in [6.07, 6.45) is 1.31. The first kappa shape index (κ1) is 12.8. The second-order valence-electron chi connectivity index (χ2n) is 4.49. The molecule has 2 unspecified atom stereocenters. The molecule has 0 spiro atoms. The molecule has 1 amide bonds. The fraction of sp³-hybridized carbons (Fsp3) is 0.462. The zero-order valence-electron chi connectivity index (χ0n) is 10.3. The molecule has 1 aromatic carbocycles. The minimum absolute atomic E-state index is 0.00106. The van der Waals surface area contributed by atoms with Crippen molar-refractivity contribution in [2.45, 2.75) is 24.8 Å². The van der Waals surface area contributed by atoms with E-state index >= 15 is 0 Å². The number of amides is 1. The summed E-state index contributed by atoms with van der Waals surface area (Å²) in [5.41, 5.74) is 5.88. The van der Waals surface area contributed by atoms with Crippen LogP contribution in [0.1, 0.15) is 24.3 Å². The number of primary amides is 1. The molecular formula is C13H17FN2O2.